The van der Waals surface area contributed by atoms with E-state index in [4.69, 9.17) is 0 Å². The first kappa shape index (κ1) is 14.3. The van der Waals surface area contributed by atoms with Crippen molar-refractivity contribution in [2.75, 3.05) is 0 Å². The molecule has 1 atom stereocenters. The summed E-state index contributed by atoms with van der Waals surface area (Å²) in [6.45, 7) is 2.20. The zero-order chi connectivity index (χ0) is 13.7. The highest BCUT2D eigenvalue weighted by molar-refractivity contribution is 9.10. The summed E-state index contributed by atoms with van der Waals surface area (Å²) in [5, 5.41) is 10.4. The van der Waals surface area contributed by atoms with Crippen molar-refractivity contribution in [3.8, 4) is 0 Å². The third-order valence-electron chi connectivity index (χ3n) is 3.28. The lowest BCUT2D eigenvalue weighted by molar-refractivity contribution is 0.220. The SMILES string of the molecule is CCCCc1ccc([C@H](O)c2cccc(Br)c2)cc1. The summed E-state index contributed by atoms with van der Waals surface area (Å²) in [4.78, 5) is 0. The number of hydrogen-bond acceptors (Lipinski definition) is 1. The van der Waals surface area contributed by atoms with E-state index in [-0.39, 0.29) is 0 Å². The molecule has 2 aromatic carbocycles. The van der Waals surface area contributed by atoms with Crippen molar-refractivity contribution in [2.45, 2.75) is 32.3 Å². The number of aliphatic hydroxyl groups is 1. The molecule has 0 aliphatic rings. The standard InChI is InChI=1S/C17H19BrO/c1-2-3-5-13-8-10-14(11-9-13)17(19)15-6-4-7-16(18)12-15/h4,6-12,17,19H,2-3,5H2,1H3/t17-/m0/s1. The first-order valence-corrected chi connectivity index (χ1v) is 7.52. The third-order valence-corrected chi connectivity index (χ3v) is 3.77. The van der Waals surface area contributed by atoms with Crippen LogP contribution in [0.25, 0.3) is 0 Å². The maximum Gasteiger partial charge on any atom is 0.104 e. The Morgan fingerprint density at radius 3 is 2.42 bits per heavy atom. The number of aliphatic hydroxyl groups excluding tert-OH is 1. The van der Waals surface area contributed by atoms with E-state index in [1.807, 2.05) is 36.4 Å². The zero-order valence-corrected chi connectivity index (χ0v) is 12.7. The lowest BCUT2D eigenvalue weighted by Crippen LogP contribution is -1.99. The van der Waals surface area contributed by atoms with E-state index >= 15 is 0 Å². The molecule has 0 heterocycles. The van der Waals surface area contributed by atoms with Crippen LogP contribution >= 0.6 is 15.9 Å². The monoisotopic (exact) mass is 318 g/mol. The smallest absolute Gasteiger partial charge is 0.104 e. The molecule has 0 radical (unpaired) electrons. The fourth-order valence-corrected chi connectivity index (χ4v) is 2.53. The molecule has 0 aromatic heterocycles. The van der Waals surface area contributed by atoms with Crippen LogP contribution in [0.1, 0.15) is 42.6 Å². The molecule has 0 aliphatic heterocycles. The number of halogens is 1. The molecule has 2 rings (SSSR count). The Morgan fingerprint density at radius 2 is 1.79 bits per heavy atom. The van der Waals surface area contributed by atoms with E-state index in [1.165, 1.54) is 18.4 Å². The van der Waals surface area contributed by atoms with Crippen molar-refractivity contribution in [3.05, 3.63) is 69.7 Å². The van der Waals surface area contributed by atoms with Crippen molar-refractivity contribution in [1.29, 1.82) is 0 Å². The minimum atomic E-state index is -0.558. The maximum absolute atomic E-state index is 10.4. The topological polar surface area (TPSA) is 20.2 Å². The molecule has 1 N–H and O–H groups in total. The van der Waals surface area contributed by atoms with E-state index in [1.54, 1.807) is 0 Å². The highest BCUT2D eigenvalue weighted by atomic mass is 79.9. The summed E-state index contributed by atoms with van der Waals surface area (Å²) in [5.74, 6) is 0. The van der Waals surface area contributed by atoms with Crippen molar-refractivity contribution in [1.82, 2.24) is 0 Å². The number of aryl methyl sites for hydroxylation is 1. The van der Waals surface area contributed by atoms with Crippen LogP contribution in [0.4, 0.5) is 0 Å². The molecule has 0 bridgehead atoms. The van der Waals surface area contributed by atoms with Gasteiger partial charge in [-0.15, -0.1) is 0 Å². The predicted molar refractivity (Wildman–Crippen MR) is 83.3 cm³/mol. The number of hydrogen-bond donors (Lipinski definition) is 1. The van der Waals surface area contributed by atoms with Gasteiger partial charge in [-0.2, -0.15) is 0 Å². The average Bonchev–Trinajstić information content (AvgIpc) is 2.45. The van der Waals surface area contributed by atoms with Crippen LogP contribution in [0, 0.1) is 0 Å². The predicted octanol–water partition coefficient (Wildman–Crippen LogP) is 4.87. The summed E-state index contributed by atoms with van der Waals surface area (Å²) >= 11 is 3.43. The molecule has 0 aliphatic carbocycles. The molecule has 0 saturated heterocycles. The van der Waals surface area contributed by atoms with Gasteiger partial charge in [0.15, 0.2) is 0 Å². The summed E-state index contributed by atoms with van der Waals surface area (Å²) in [6.07, 6.45) is 2.98. The molecular formula is C17H19BrO. The second kappa shape index (κ2) is 6.88. The first-order valence-electron chi connectivity index (χ1n) is 6.73. The van der Waals surface area contributed by atoms with Crippen LogP contribution in [-0.2, 0) is 6.42 Å². The zero-order valence-electron chi connectivity index (χ0n) is 11.1. The van der Waals surface area contributed by atoms with Crippen LogP contribution in [0.2, 0.25) is 0 Å². The fourth-order valence-electron chi connectivity index (χ4n) is 2.12. The number of rotatable bonds is 5. The molecule has 100 valence electrons. The van der Waals surface area contributed by atoms with Crippen LogP contribution < -0.4 is 0 Å². The molecule has 0 fully saturated rings. The lowest BCUT2D eigenvalue weighted by atomic mass is 9.99. The summed E-state index contributed by atoms with van der Waals surface area (Å²) in [6, 6.07) is 16.1. The minimum Gasteiger partial charge on any atom is -0.384 e. The normalized spacial score (nSPS) is 12.4. The van der Waals surface area contributed by atoms with Gasteiger partial charge in [-0.3, -0.25) is 0 Å². The Balaban J connectivity index is 2.13. The summed E-state index contributed by atoms with van der Waals surface area (Å²) < 4.78 is 0.989. The molecule has 2 heteroatoms. The summed E-state index contributed by atoms with van der Waals surface area (Å²) in [5.41, 5.74) is 3.20. The van der Waals surface area contributed by atoms with Gasteiger partial charge < -0.3 is 5.11 Å². The highest BCUT2D eigenvalue weighted by Crippen LogP contribution is 2.24. The van der Waals surface area contributed by atoms with Gasteiger partial charge in [0.2, 0.25) is 0 Å². The largest absolute Gasteiger partial charge is 0.384 e. The van der Waals surface area contributed by atoms with Crippen LogP contribution in [0.5, 0.6) is 0 Å². The molecule has 0 saturated carbocycles. The Bertz CT molecular complexity index is 519. The fraction of sp³-hybridized carbons (Fsp3) is 0.294. The highest BCUT2D eigenvalue weighted by Gasteiger charge is 2.10. The van der Waals surface area contributed by atoms with Gasteiger partial charge in [0.25, 0.3) is 0 Å². The van der Waals surface area contributed by atoms with Crippen molar-refractivity contribution in [2.24, 2.45) is 0 Å². The average molecular weight is 319 g/mol. The van der Waals surface area contributed by atoms with Crippen molar-refractivity contribution >= 4 is 15.9 Å². The number of benzene rings is 2. The van der Waals surface area contributed by atoms with Gasteiger partial charge in [-0.25, -0.2) is 0 Å². The molecular weight excluding hydrogens is 300 g/mol. The molecule has 0 amide bonds. The first-order chi connectivity index (χ1) is 9.20. The Morgan fingerprint density at radius 1 is 1.05 bits per heavy atom. The van der Waals surface area contributed by atoms with Crippen molar-refractivity contribution < 1.29 is 5.11 Å². The Hall–Kier alpha value is -1.12. The maximum atomic E-state index is 10.4. The van der Waals surface area contributed by atoms with Crippen LogP contribution in [0.3, 0.4) is 0 Å². The quantitative estimate of drug-likeness (QED) is 0.833. The van der Waals surface area contributed by atoms with E-state index in [0.29, 0.717) is 0 Å². The van der Waals surface area contributed by atoms with Gasteiger partial charge in [0, 0.05) is 4.47 Å². The van der Waals surface area contributed by atoms with Gasteiger partial charge in [0.1, 0.15) is 6.10 Å². The second-order valence-corrected chi connectivity index (χ2v) is 5.72. The summed E-state index contributed by atoms with van der Waals surface area (Å²) in [7, 11) is 0. The number of unbranched alkanes of at least 4 members (excludes halogenated alkanes) is 1. The van der Waals surface area contributed by atoms with E-state index in [0.717, 1.165) is 22.0 Å². The Kier molecular flexibility index (Phi) is 5.17. The van der Waals surface area contributed by atoms with Crippen LogP contribution in [0.15, 0.2) is 53.0 Å². The molecule has 0 unspecified atom stereocenters. The van der Waals surface area contributed by atoms with Gasteiger partial charge in [-0.1, -0.05) is 65.7 Å². The van der Waals surface area contributed by atoms with Gasteiger partial charge >= 0.3 is 0 Å². The molecule has 2 aromatic rings. The van der Waals surface area contributed by atoms with Crippen LogP contribution in [-0.4, -0.2) is 5.11 Å². The van der Waals surface area contributed by atoms with E-state index in [9.17, 15) is 5.11 Å². The van der Waals surface area contributed by atoms with Gasteiger partial charge in [0.05, 0.1) is 0 Å². The van der Waals surface area contributed by atoms with E-state index < -0.39 is 6.10 Å². The third kappa shape index (κ3) is 3.92. The Labute approximate surface area is 123 Å². The van der Waals surface area contributed by atoms with Crippen molar-refractivity contribution in [3.63, 3.8) is 0 Å². The molecule has 0 spiro atoms. The second-order valence-electron chi connectivity index (χ2n) is 4.80. The molecule has 19 heavy (non-hydrogen) atoms. The lowest BCUT2D eigenvalue weighted by Gasteiger charge is -2.12. The minimum absolute atomic E-state index is 0.558. The van der Waals surface area contributed by atoms with E-state index in [2.05, 4.69) is 35.0 Å². The molecule has 1 nitrogen and oxygen atoms in total. The van der Waals surface area contributed by atoms with Gasteiger partial charge in [-0.05, 0) is 41.7 Å².